The standard InChI is InChI=1S/C23H29ClO7/c1-13-9-19(30-21(26)10-13)23-20-11-17(29-23)8-7-16(24)6-4-5-14(2)18(28-15(3)25)12-22(27)31-20/h5-6,9,17-20,23H,4,7-8,10-12H2,1-3H3. The minimum atomic E-state index is -0.716. The van der Waals surface area contributed by atoms with Crippen molar-refractivity contribution in [2.75, 3.05) is 0 Å². The maximum absolute atomic E-state index is 12.7. The lowest BCUT2D eigenvalue weighted by atomic mass is 10.00. The molecule has 0 N–H and O–H groups in total. The number of carbonyl (C=O) groups excluding carboxylic acids is 3. The van der Waals surface area contributed by atoms with E-state index < -0.39 is 36.4 Å². The van der Waals surface area contributed by atoms with E-state index in [-0.39, 0.29) is 24.9 Å². The van der Waals surface area contributed by atoms with Gasteiger partial charge in [0.15, 0.2) is 0 Å². The van der Waals surface area contributed by atoms with E-state index in [1.54, 1.807) is 6.92 Å². The second-order valence-electron chi connectivity index (χ2n) is 8.31. The van der Waals surface area contributed by atoms with E-state index in [0.29, 0.717) is 30.7 Å². The number of esters is 3. The van der Waals surface area contributed by atoms with Crippen LogP contribution in [0.3, 0.4) is 0 Å². The van der Waals surface area contributed by atoms with Crippen LogP contribution >= 0.6 is 11.6 Å². The Balaban J connectivity index is 1.83. The molecular formula is C23H29ClO7. The molecule has 1 saturated heterocycles. The van der Waals surface area contributed by atoms with Crippen LogP contribution in [0.5, 0.6) is 0 Å². The summed E-state index contributed by atoms with van der Waals surface area (Å²) in [6.07, 6.45) is 5.44. The Morgan fingerprint density at radius 3 is 2.65 bits per heavy atom. The number of fused-ring (bicyclic) bond motifs is 2. The van der Waals surface area contributed by atoms with Gasteiger partial charge in [0.1, 0.15) is 24.4 Å². The molecule has 5 atom stereocenters. The topological polar surface area (TPSA) is 88.1 Å². The number of hydrogen-bond donors (Lipinski definition) is 0. The summed E-state index contributed by atoms with van der Waals surface area (Å²) in [7, 11) is 0. The monoisotopic (exact) mass is 452 g/mol. The minimum absolute atomic E-state index is 0.105. The zero-order valence-corrected chi connectivity index (χ0v) is 18.9. The fourth-order valence-corrected chi connectivity index (χ4v) is 4.27. The van der Waals surface area contributed by atoms with E-state index in [2.05, 4.69) is 0 Å². The highest BCUT2D eigenvalue weighted by atomic mass is 35.5. The molecule has 8 heteroatoms. The molecular weight excluding hydrogens is 424 g/mol. The molecule has 0 amide bonds. The first kappa shape index (κ1) is 23.5. The second kappa shape index (κ2) is 10.5. The van der Waals surface area contributed by atoms with Crippen molar-refractivity contribution < 1.29 is 33.3 Å². The van der Waals surface area contributed by atoms with Gasteiger partial charge in [0.25, 0.3) is 0 Å². The van der Waals surface area contributed by atoms with Crippen LogP contribution in [0.1, 0.15) is 59.3 Å². The predicted octanol–water partition coefficient (Wildman–Crippen LogP) is 3.89. The Kier molecular flexibility index (Phi) is 7.94. The number of halogens is 1. The van der Waals surface area contributed by atoms with Crippen LogP contribution in [0.25, 0.3) is 0 Å². The third kappa shape index (κ3) is 6.68. The van der Waals surface area contributed by atoms with Gasteiger partial charge < -0.3 is 18.9 Å². The molecule has 3 aliphatic heterocycles. The average molecular weight is 453 g/mol. The van der Waals surface area contributed by atoms with Gasteiger partial charge in [-0.2, -0.15) is 0 Å². The van der Waals surface area contributed by atoms with Crippen LogP contribution in [-0.2, 0) is 33.3 Å². The first-order chi connectivity index (χ1) is 14.7. The smallest absolute Gasteiger partial charge is 0.310 e. The lowest BCUT2D eigenvalue weighted by Crippen LogP contribution is -2.41. The minimum Gasteiger partial charge on any atom is -0.459 e. The third-order valence-electron chi connectivity index (χ3n) is 5.61. The van der Waals surface area contributed by atoms with E-state index in [1.165, 1.54) is 6.92 Å². The Bertz CT molecular complexity index is 813. The summed E-state index contributed by atoms with van der Waals surface area (Å²) in [4.78, 5) is 36.2. The van der Waals surface area contributed by atoms with Crippen LogP contribution in [0.4, 0.5) is 0 Å². The number of cyclic esters (lactones) is 1. The molecule has 31 heavy (non-hydrogen) atoms. The average Bonchev–Trinajstić information content (AvgIpc) is 3.06. The van der Waals surface area contributed by atoms with Crippen molar-refractivity contribution in [2.24, 2.45) is 0 Å². The maximum atomic E-state index is 12.7. The Morgan fingerprint density at radius 2 is 1.94 bits per heavy atom. The maximum Gasteiger partial charge on any atom is 0.310 e. The molecule has 7 nitrogen and oxygen atoms in total. The van der Waals surface area contributed by atoms with Crippen molar-refractivity contribution in [1.82, 2.24) is 0 Å². The highest BCUT2D eigenvalue weighted by Gasteiger charge is 2.44. The third-order valence-corrected chi connectivity index (χ3v) is 5.95. The number of carbonyl (C=O) groups is 3. The van der Waals surface area contributed by atoms with Crippen molar-refractivity contribution in [1.29, 1.82) is 0 Å². The molecule has 3 heterocycles. The van der Waals surface area contributed by atoms with Gasteiger partial charge in [0, 0.05) is 18.4 Å². The van der Waals surface area contributed by atoms with Crippen molar-refractivity contribution in [3.63, 3.8) is 0 Å². The van der Waals surface area contributed by atoms with Gasteiger partial charge in [0.05, 0.1) is 18.9 Å². The SMILES string of the molecule is CC(=O)OC1CC(=O)OC2CC(CCC(Cl)=CCC=C1C)OC2C1C=C(C)CC(=O)O1. The molecule has 5 unspecified atom stereocenters. The summed E-state index contributed by atoms with van der Waals surface area (Å²) in [6.45, 7) is 4.97. The molecule has 1 fully saturated rings. The highest BCUT2D eigenvalue weighted by molar-refractivity contribution is 6.29. The van der Waals surface area contributed by atoms with Crippen LogP contribution in [0.15, 0.2) is 34.4 Å². The van der Waals surface area contributed by atoms with E-state index in [0.717, 1.165) is 11.1 Å². The van der Waals surface area contributed by atoms with Gasteiger partial charge in [-0.05, 0) is 44.8 Å². The number of rotatable bonds is 2. The van der Waals surface area contributed by atoms with Crippen LogP contribution < -0.4 is 0 Å². The molecule has 0 spiro atoms. The lowest BCUT2D eigenvalue weighted by molar-refractivity contribution is -0.165. The van der Waals surface area contributed by atoms with Crippen LogP contribution in [0, 0.1) is 0 Å². The summed E-state index contributed by atoms with van der Waals surface area (Å²) < 4.78 is 22.7. The molecule has 2 bridgehead atoms. The number of ether oxygens (including phenoxy) is 4. The van der Waals surface area contributed by atoms with Crippen molar-refractivity contribution in [3.05, 3.63) is 34.4 Å². The predicted molar refractivity (Wildman–Crippen MR) is 113 cm³/mol. The number of hydrogen-bond acceptors (Lipinski definition) is 7. The molecule has 0 aromatic rings. The Morgan fingerprint density at radius 1 is 1.16 bits per heavy atom. The first-order valence-corrected chi connectivity index (χ1v) is 11.0. The Hall–Kier alpha value is -2.12. The summed E-state index contributed by atoms with van der Waals surface area (Å²) in [5.74, 6) is -1.29. The lowest BCUT2D eigenvalue weighted by Gasteiger charge is -2.28. The van der Waals surface area contributed by atoms with Crippen LogP contribution in [0.2, 0.25) is 0 Å². The van der Waals surface area contributed by atoms with Gasteiger partial charge in [-0.3, -0.25) is 14.4 Å². The van der Waals surface area contributed by atoms with E-state index in [9.17, 15) is 14.4 Å². The van der Waals surface area contributed by atoms with E-state index >= 15 is 0 Å². The van der Waals surface area contributed by atoms with Gasteiger partial charge in [-0.25, -0.2) is 0 Å². The second-order valence-corrected chi connectivity index (χ2v) is 8.79. The zero-order valence-electron chi connectivity index (χ0n) is 18.1. The summed E-state index contributed by atoms with van der Waals surface area (Å²) >= 11 is 6.36. The zero-order chi connectivity index (χ0) is 22.5. The fraction of sp³-hybridized carbons (Fsp3) is 0.609. The highest BCUT2D eigenvalue weighted by Crippen LogP contribution is 2.33. The van der Waals surface area contributed by atoms with E-state index in [1.807, 2.05) is 25.2 Å². The van der Waals surface area contributed by atoms with Crippen molar-refractivity contribution >= 4 is 29.5 Å². The largest absolute Gasteiger partial charge is 0.459 e. The summed E-state index contributed by atoms with van der Waals surface area (Å²) in [5.41, 5.74) is 1.65. The Labute approximate surface area is 187 Å². The molecule has 0 aromatic carbocycles. The molecule has 0 aliphatic carbocycles. The molecule has 0 saturated carbocycles. The van der Waals surface area contributed by atoms with Gasteiger partial charge in [0.2, 0.25) is 0 Å². The van der Waals surface area contributed by atoms with Crippen molar-refractivity contribution in [2.45, 2.75) is 89.8 Å². The molecule has 170 valence electrons. The van der Waals surface area contributed by atoms with Gasteiger partial charge in [-0.15, -0.1) is 0 Å². The number of allylic oxidation sites excluding steroid dienone is 3. The molecule has 3 aliphatic rings. The van der Waals surface area contributed by atoms with Gasteiger partial charge in [-0.1, -0.05) is 29.3 Å². The van der Waals surface area contributed by atoms with E-state index in [4.69, 9.17) is 30.5 Å². The quantitative estimate of drug-likeness (QED) is 0.356. The first-order valence-electron chi connectivity index (χ1n) is 10.6. The summed E-state index contributed by atoms with van der Waals surface area (Å²) in [5, 5.41) is 0.713. The molecule has 3 rings (SSSR count). The summed E-state index contributed by atoms with van der Waals surface area (Å²) in [6, 6.07) is 0. The van der Waals surface area contributed by atoms with Crippen LogP contribution in [-0.4, -0.2) is 48.4 Å². The molecule has 0 aromatic heterocycles. The molecule has 0 radical (unpaired) electrons. The van der Waals surface area contributed by atoms with Crippen molar-refractivity contribution in [3.8, 4) is 0 Å². The fourth-order valence-electron chi connectivity index (χ4n) is 4.07. The normalized spacial score (nSPS) is 32.6. The van der Waals surface area contributed by atoms with Gasteiger partial charge >= 0.3 is 17.9 Å².